The smallest absolute Gasteiger partial charge is 0.421 e. The summed E-state index contributed by atoms with van der Waals surface area (Å²) in [5, 5.41) is 0. The average Bonchev–Trinajstić information content (AvgIpc) is 3.04. The van der Waals surface area contributed by atoms with Crippen molar-refractivity contribution in [2.75, 3.05) is 4.90 Å². The van der Waals surface area contributed by atoms with Crippen molar-refractivity contribution in [2.45, 2.75) is 97.9 Å². The van der Waals surface area contributed by atoms with Crippen LogP contribution in [-0.4, -0.2) is 40.7 Å². The molecule has 0 unspecified atom stereocenters. The fourth-order valence-electron chi connectivity index (χ4n) is 4.61. The van der Waals surface area contributed by atoms with Crippen molar-refractivity contribution >= 4 is 29.6 Å². The lowest BCUT2D eigenvalue weighted by Gasteiger charge is -2.32. The molecule has 1 atom stereocenters. The zero-order chi connectivity index (χ0) is 31.0. The number of carbonyl (C=O) groups excluding carboxylic acids is 4. The Morgan fingerprint density at radius 2 is 1.32 bits per heavy atom. The van der Waals surface area contributed by atoms with Crippen molar-refractivity contribution in [2.24, 2.45) is 0 Å². The summed E-state index contributed by atoms with van der Waals surface area (Å²) < 4.78 is 16.9. The van der Waals surface area contributed by atoms with Crippen LogP contribution in [0.1, 0.15) is 79.0 Å². The molecule has 0 aliphatic carbocycles. The fourth-order valence-corrected chi connectivity index (χ4v) is 4.61. The van der Waals surface area contributed by atoms with Gasteiger partial charge in [-0.2, -0.15) is 0 Å². The third-order valence-corrected chi connectivity index (χ3v) is 6.09. The van der Waals surface area contributed by atoms with Gasteiger partial charge >= 0.3 is 18.0 Å². The Morgan fingerprint density at radius 3 is 1.85 bits per heavy atom. The van der Waals surface area contributed by atoms with Crippen LogP contribution < -0.4 is 4.90 Å². The van der Waals surface area contributed by atoms with Crippen molar-refractivity contribution in [3.8, 4) is 0 Å². The number of esters is 2. The summed E-state index contributed by atoms with van der Waals surface area (Å²) in [7, 11) is 0. The molecule has 0 N–H and O–H groups in total. The van der Waals surface area contributed by atoms with Crippen molar-refractivity contribution in [3.63, 3.8) is 0 Å². The topological polar surface area (TPSA) is 99.2 Å². The van der Waals surface area contributed by atoms with Gasteiger partial charge in [0.15, 0.2) is 0 Å². The number of ether oxygens (including phenoxy) is 3. The van der Waals surface area contributed by atoms with E-state index in [-0.39, 0.29) is 17.7 Å². The first-order valence-corrected chi connectivity index (χ1v) is 13.6. The first-order valence-electron chi connectivity index (χ1n) is 13.6. The number of aryl methyl sites for hydroxylation is 1. The van der Waals surface area contributed by atoms with Gasteiger partial charge in [0.25, 0.3) is 5.91 Å². The van der Waals surface area contributed by atoms with Crippen LogP contribution >= 0.6 is 0 Å². The van der Waals surface area contributed by atoms with Crippen LogP contribution in [-0.2, 0) is 40.4 Å². The number of para-hydroxylation sites is 1. The van der Waals surface area contributed by atoms with Gasteiger partial charge in [-0.15, -0.1) is 0 Å². The van der Waals surface area contributed by atoms with Crippen LogP contribution in [0.4, 0.5) is 10.5 Å². The maximum absolute atomic E-state index is 14.7. The Bertz CT molecular complexity index is 1370. The zero-order valence-electron chi connectivity index (χ0n) is 25.7. The number of anilines is 1. The first-order chi connectivity index (χ1) is 18.7. The van der Waals surface area contributed by atoms with Gasteiger partial charge in [0.05, 0.1) is 11.3 Å². The summed E-state index contributed by atoms with van der Waals surface area (Å²) >= 11 is 0. The molecule has 2 amide bonds. The van der Waals surface area contributed by atoms with Crippen LogP contribution in [0.25, 0.3) is 0 Å². The van der Waals surface area contributed by atoms with E-state index in [1.807, 2.05) is 31.2 Å². The van der Waals surface area contributed by atoms with Crippen LogP contribution in [0.2, 0.25) is 0 Å². The molecule has 0 saturated carbocycles. The number of carbonyl (C=O) groups is 4. The summed E-state index contributed by atoms with van der Waals surface area (Å²) in [5.41, 5.74) is -2.38. The highest BCUT2D eigenvalue weighted by Gasteiger charge is 2.58. The molecule has 0 aromatic heterocycles. The van der Waals surface area contributed by atoms with Crippen LogP contribution in [0, 0.1) is 6.92 Å². The van der Waals surface area contributed by atoms with E-state index in [2.05, 4.69) is 0 Å². The molecule has 2 aromatic carbocycles. The number of fused-ring (bicyclic) bond motifs is 1. The Balaban J connectivity index is 2.37. The Morgan fingerprint density at radius 1 is 0.780 bits per heavy atom. The number of imide groups is 1. The van der Waals surface area contributed by atoms with E-state index in [0.717, 1.165) is 16.5 Å². The highest BCUT2D eigenvalue weighted by Crippen LogP contribution is 2.49. The van der Waals surface area contributed by atoms with Crippen LogP contribution in [0.5, 0.6) is 0 Å². The highest BCUT2D eigenvalue weighted by atomic mass is 16.6. The molecule has 8 heteroatoms. The molecule has 3 rings (SSSR count). The minimum atomic E-state index is -1.80. The Kier molecular flexibility index (Phi) is 8.59. The van der Waals surface area contributed by atoms with E-state index in [4.69, 9.17) is 14.2 Å². The van der Waals surface area contributed by atoms with E-state index in [1.165, 1.54) is 0 Å². The lowest BCUT2D eigenvalue weighted by atomic mass is 9.70. The molecular formula is C33H41NO7. The first kappa shape index (κ1) is 31.6. The summed E-state index contributed by atoms with van der Waals surface area (Å²) in [6, 6.07) is 14.2. The summed E-state index contributed by atoms with van der Waals surface area (Å²) in [4.78, 5) is 56.3. The van der Waals surface area contributed by atoms with Crippen molar-refractivity contribution < 1.29 is 33.4 Å². The predicted octanol–water partition coefficient (Wildman–Crippen LogP) is 6.37. The van der Waals surface area contributed by atoms with Crippen LogP contribution in [0.15, 0.2) is 60.2 Å². The lowest BCUT2D eigenvalue weighted by Crippen LogP contribution is -2.49. The van der Waals surface area contributed by atoms with Crippen molar-refractivity contribution in [1.29, 1.82) is 0 Å². The summed E-state index contributed by atoms with van der Waals surface area (Å²) in [5.74, 6) is -2.42. The molecule has 220 valence electrons. The third kappa shape index (κ3) is 7.43. The third-order valence-electron chi connectivity index (χ3n) is 6.09. The number of benzene rings is 2. The number of rotatable bonds is 5. The standard InChI is InChI=1S/C33H41NO7/c1-21-15-17-22(18-16-21)20-33(24(27(36)40-31(5,6)7)19-26(35)39-30(2,3)4)23-13-11-12-14-25(23)34(28(33)37)29(38)41-32(8,9)10/h11-19H,20H2,1-10H3/b24-19+/t33-/m1/s1. The van der Waals surface area contributed by atoms with Crippen molar-refractivity contribution in [3.05, 3.63) is 76.9 Å². The Labute approximate surface area is 242 Å². The van der Waals surface area contributed by atoms with Gasteiger partial charge in [0.1, 0.15) is 22.2 Å². The monoisotopic (exact) mass is 563 g/mol. The minimum Gasteiger partial charge on any atom is -0.457 e. The Hall–Kier alpha value is -3.94. The highest BCUT2D eigenvalue weighted by molar-refractivity contribution is 6.25. The zero-order valence-corrected chi connectivity index (χ0v) is 25.7. The molecule has 0 spiro atoms. The van der Waals surface area contributed by atoms with E-state index >= 15 is 0 Å². The van der Waals surface area contributed by atoms with E-state index in [1.54, 1.807) is 86.6 Å². The van der Waals surface area contributed by atoms with Gasteiger partial charge in [0.2, 0.25) is 0 Å². The van der Waals surface area contributed by atoms with Gasteiger partial charge in [-0.3, -0.25) is 4.79 Å². The molecule has 0 fully saturated rings. The van der Waals surface area contributed by atoms with Crippen molar-refractivity contribution in [1.82, 2.24) is 0 Å². The number of nitrogens with zero attached hydrogens (tertiary/aromatic N) is 1. The fraction of sp³-hybridized carbons (Fsp3) is 0.455. The minimum absolute atomic E-state index is 0.0314. The molecule has 2 aromatic rings. The van der Waals surface area contributed by atoms with Gasteiger partial charge in [-0.25, -0.2) is 19.3 Å². The molecule has 0 bridgehead atoms. The molecule has 1 heterocycles. The average molecular weight is 564 g/mol. The van der Waals surface area contributed by atoms with Gasteiger partial charge in [0, 0.05) is 6.08 Å². The molecule has 0 saturated heterocycles. The molecule has 0 radical (unpaired) electrons. The maximum atomic E-state index is 14.7. The van der Waals surface area contributed by atoms with E-state index < -0.39 is 46.2 Å². The molecule has 8 nitrogen and oxygen atoms in total. The van der Waals surface area contributed by atoms with Gasteiger partial charge in [-0.1, -0.05) is 48.0 Å². The lowest BCUT2D eigenvalue weighted by molar-refractivity contribution is -0.153. The number of hydrogen-bond acceptors (Lipinski definition) is 7. The summed E-state index contributed by atoms with van der Waals surface area (Å²) in [6.45, 7) is 17.2. The SMILES string of the molecule is Cc1ccc(C[C@@]2(/C(=C/C(=O)OC(C)(C)C)C(=O)OC(C)(C)C)C(=O)N(C(=O)OC(C)(C)C)c3ccccc32)cc1. The second-order valence-corrected chi connectivity index (χ2v) is 13.3. The molecular weight excluding hydrogens is 522 g/mol. The normalized spacial score (nSPS) is 17.7. The quantitative estimate of drug-likeness (QED) is 0.237. The number of hydrogen-bond donors (Lipinski definition) is 0. The summed E-state index contributed by atoms with van der Waals surface area (Å²) in [6.07, 6.45) is 0.110. The molecule has 1 aliphatic rings. The van der Waals surface area contributed by atoms with Gasteiger partial charge in [-0.05, 0) is 92.9 Å². The second kappa shape index (κ2) is 11.1. The molecule has 41 heavy (non-hydrogen) atoms. The predicted molar refractivity (Wildman–Crippen MR) is 156 cm³/mol. The van der Waals surface area contributed by atoms with Crippen LogP contribution in [0.3, 0.4) is 0 Å². The van der Waals surface area contributed by atoms with E-state index in [0.29, 0.717) is 11.1 Å². The maximum Gasteiger partial charge on any atom is 0.421 e. The number of amides is 2. The second-order valence-electron chi connectivity index (χ2n) is 13.3. The van der Waals surface area contributed by atoms with E-state index in [9.17, 15) is 19.2 Å². The molecule has 1 aliphatic heterocycles. The van der Waals surface area contributed by atoms with Gasteiger partial charge < -0.3 is 14.2 Å². The largest absolute Gasteiger partial charge is 0.457 e.